The van der Waals surface area contributed by atoms with Crippen LogP contribution in [-0.4, -0.2) is 14.5 Å². The summed E-state index contributed by atoms with van der Waals surface area (Å²) in [6.45, 7) is 5.52. The quantitative estimate of drug-likeness (QED) is 0.814. The second-order valence-corrected chi connectivity index (χ2v) is 7.36. The zero-order valence-electron chi connectivity index (χ0n) is 11.7. The Bertz CT molecular complexity index is 577. The summed E-state index contributed by atoms with van der Waals surface area (Å²) in [5, 5.41) is 0. The van der Waals surface area contributed by atoms with Gasteiger partial charge in [-0.15, -0.1) is 0 Å². The molecule has 5 heteroatoms. The number of sulfonamides is 1. The largest absolute Gasteiger partial charge is 0.398 e. The summed E-state index contributed by atoms with van der Waals surface area (Å²) < 4.78 is 27.6. The van der Waals surface area contributed by atoms with Gasteiger partial charge in [-0.05, 0) is 56.4 Å². The highest BCUT2D eigenvalue weighted by Crippen LogP contribution is 2.33. The normalized spacial score (nSPS) is 17.4. The van der Waals surface area contributed by atoms with Crippen LogP contribution in [-0.2, 0) is 10.0 Å². The predicted octanol–water partition coefficient (Wildman–Crippen LogP) is 2.35. The first kappa shape index (κ1) is 14.3. The van der Waals surface area contributed by atoms with Crippen molar-refractivity contribution in [1.82, 2.24) is 4.72 Å². The van der Waals surface area contributed by atoms with Gasteiger partial charge in [0.15, 0.2) is 0 Å². The number of nitrogens with one attached hydrogen (secondary N) is 1. The monoisotopic (exact) mass is 282 g/mol. The minimum atomic E-state index is -3.48. The SMILES string of the molecule is Cc1cc(N)c(C)c(S(=O)(=O)NC(C)CC2CC2)c1. The van der Waals surface area contributed by atoms with Gasteiger partial charge in [0.1, 0.15) is 0 Å². The number of anilines is 1. The molecule has 3 N–H and O–H groups in total. The molecule has 0 radical (unpaired) electrons. The van der Waals surface area contributed by atoms with Gasteiger partial charge in [0.25, 0.3) is 0 Å². The van der Waals surface area contributed by atoms with Gasteiger partial charge < -0.3 is 5.73 Å². The Hall–Kier alpha value is -1.07. The molecule has 106 valence electrons. The first-order valence-electron chi connectivity index (χ1n) is 6.68. The van der Waals surface area contributed by atoms with Crippen LogP contribution in [0.3, 0.4) is 0 Å². The molecule has 1 aliphatic rings. The lowest BCUT2D eigenvalue weighted by Gasteiger charge is -2.16. The van der Waals surface area contributed by atoms with Crippen molar-refractivity contribution in [2.24, 2.45) is 5.92 Å². The van der Waals surface area contributed by atoms with E-state index in [4.69, 9.17) is 5.73 Å². The van der Waals surface area contributed by atoms with E-state index in [1.54, 1.807) is 19.1 Å². The lowest BCUT2D eigenvalue weighted by Crippen LogP contribution is -2.33. The second kappa shape index (κ2) is 5.13. The number of benzene rings is 1. The third-order valence-corrected chi connectivity index (χ3v) is 5.29. The van der Waals surface area contributed by atoms with E-state index >= 15 is 0 Å². The van der Waals surface area contributed by atoms with Gasteiger partial charge in [-0.25, -0.2) is 13.1 Å². The van der Waals surface area contributed by atoms with Crippen molar-refractivity contribution in [2.45, 2.75) is 51.0 Å². The van der Waals surface area contributed by atoms with Crippen molar-refractivity contribution in [3.8, 4) is 0 Å². The van der Waals surface area contributed by atoms with Crippen molar-refractivity contribution >= 4 is 15.7 Å². The summed E-state index contributed by atoms with van der Waals surface area (Å²) in [6.07, 6.45) is 3.37. The molecule has 1 aromatic rings. The molecule has 0 aliphatic heterocycles. The molecule has 1 aromatic carbocycles. The standard InChI is InChI=1S/C14H22N2O2S/c1-9-6-13(15)11(3)14(7-9)19(17,18)16-10(2)8-12-4-5-12/h6-7,10,12,16H,4-5,8,15H2,1-3H3. The smallest absolute Gasteiger partial charge is 0.241 e. The molecule has 1 atom stereocenters. The summed E-state index contributed by atoms with van der Waals surface area (Å²) in [5.74, 6) is 0.696. The molecule has 4 nitrogen and oxygen atoms in total. The molecule has 2 rings (SSSR count). The minimum absolute atomic E-state index is 0.0290. The Morgan fingerprint density at radius 2 is 2.00 bits per heavy atom. The number of hydrogen-bond donors (Lipinski definition) is 2. The molecule has 1 saturated carbocycles. The number of nitrogen functional groups attached to an aromatic ring is 1. The summed E-state index contributed by atoms with van der Waals surface area (Å²) in [7, 11) is -3.48. The Morgan fingerprint density at radius 3 is 2.58 bits per heavy atom. The van der Waals surface area contributed by atoms with Crippen LogP contribution in [0.15, 0.2) is 17.0 Å². The van der Waals surface area contributed by atoms with Gasteiger partial charge in [-0.2, -0.15) is 0 Å². The Labute approximate surface area is 115 Å². The second-order valence-electron chi connectivity index (χ2n) is 5.68. The van der Waals surface area contributed by atoms with E-state index in [1.165, 1.54) is 12.8 Å². The summed E-state index contributed by atoms with van der Waals surface area (Å²) >= 11 is 0. The topological polar surface area (TPSA) is 72.2 Å². The van der Waals surface area contributed by atoms with Crippen molar-refractivity contribution in [2.75, 3.05) is 5.73 Å². The maximum Gasteiger partial charge on any atom is 0.241 e. The van der Waals surface area contributed by atoms with Crippen LogP contribution in [0.4, 0.5) is 5.69 Å². The zero-order chi connectivity index (χ0) is 14.2. The summed E-state index contributed by atoms with van der Waals surface area (Å²) in [5.41, 5.74) is 7.85. The van der Waals surface area contributed by atoms with E-state index in [-0.39, 0.29) is 6.04 Å². The molecule has 0 amide bonds. The Morgan fingerprint density at radius 1 is 1.37 bits per heavy atom. The van der Waals surface area contributed by atoms with E-state index in [1.807, 2.05) is 13.8 Å². The zero-order valence-corrected chi connectivity index (χ0v) is 12.5. The molecular weight excluding hydrogens is 260 g/mol. The van der Waals surface area contributed by atoms with Crippen LogP contribution in [0.1, 0.15) is 37.3 Å². The molecular formula is C14H22N2O2S. The Kier molecular flexibility index (Phi) is 3.87. The maximum atomic E-state index is 12.4. The van der Waals surface area contributed by atoms with Crippen molar-refractivity contribution < 1.29 is 8.42 Å². The molecule has 1 fully saturated rings. The van der Waals surface area contributed by atoms with Gasteiger partial charge in [-0.1, -0.05) is 12.8 Å². The van der Waals surface area contributed by atoms with E-state index < -0.39 is 10.0 Å². The lowest BCUT2D eigenvalue weighted by molar-refractivity contribution is 0.529. The number of aryl methyl sites for hydroxylation is 1. The van der Waals surface area contributed by atoms with Crippen LogP contribution in [0.2, 0.25) is 0 Å². The van der Waals surface area contributed by atoms with Crippen molar-refractivity contribution in [3.63, 3.8) is 0 Å². The fourth-order valence-electron chi connectivity index (χ4n) is 2.36. The van der Waals surface area contributed by atoms with E-state index in [2.05, 4.69) is 4.72 Å². The summed E-state index contributed by atoms with van der Waals surface area (Å²) in [6, 6.07) is 3.44. The third-order valence-electron chi connectivity index (χ3n) is 3.57. The molecule has 0 bridgehead atoms. The third kappa shape index (κ3) is 3.48. The highest BCUT2D eigenvalue weighted by molar-refractivity contribution is 7.89. The molecule has 1 aliphatic carbocycles. The van der Waals surface area contributed by atoms with Crippen LogP contribution in [0.5, 0.6) is 0 Å². The van der Waals surface area contributed by atoms with Crippen LogP contribution >= 0.6 is 0 Å². The van der Waals surface area contributed by atoms with Gasteiger partial charge in [0.2, 0.25) is 10.0 Å². The molecule has 19 heavy (non-hydrogen) atoms. The lowest BCUT2D eigenvalue weighted by atomic mass is 10.1. The molecule has 0 aromatic heterocycles. The van der Waals surface area contributed by atoms with Crippen LogP contribution in [0.25, 0.3) is 0 Å². The van der Waals surface area contributed by atoms with Crippen molar-refractivity contribution in [3.05, 3.63) is 23.3 Å². The first-order valence-corrected chi connectivity index (χ1v) is 8.17. The van der Waals surface area contributed by atoms with E-state index in [0.29, 0.717) is 22.1 Å². The van der Waals surface area contributed by atoms with Crippen molar-refractivity contribution in [1.29, 1.82) is 0 Å². The fourth-order valence-corrected chi connectivity index (χ4v) is 3.98. The van der Waals surface area contributed by atoms with E-state index in [9.17, 15) is 8.42 Å². The van der Waals surface area contributed by atoms with Gasteiger partial charge in [0, 0.05) is 11.7 Å². The van der Waals surface area contributed by atoms with Gasteiger partial charge >= 0.3 is 0 Å². The average Bonchev–Trinajstić information content (AvgIpc) is 3.05. The molecule has 1 unspecified atom stereocenters. The fraction of sp³-hybridized carbons (Fsp3) is 0.571. The maximum absolute atomic E-state index is 12.4. The van der Waals surface area contributed by atoms with Gasteiger partial charge in [0.05, 0.1) is 4.90 Å². The summed E-state index contributed by atoms with van der Waals surface area (Å²) in [4.78, 5) is 0.299. The number of rotatable bonds is 5. The molecule has 0 heterocycles. The average molecular weight is 282 g/mol. The highest BCUT2D eigenvalue weighted by atomic mass is 32.2. The molecule has 0 saturated heterocycles. The predicted molar refractivity (Wildman–Crippen MR) is 77.5 cm³/mol. The van der Waals surface area contributed by atoms with E-state index in [0.717, 1.165) is 12.0 Å². The highest BCUT2D eigenvalue weighted by Gasteiger charge is 2.27. The minimum Gasteiger partial charge on any atom is -0.398 e. The van der Waals surface area contributed by atoms with Gasteiger partial charge in [-0.3, -0.25) is 0 Å². The number of hydrogen-bond acceptors (Lipinski definition) is 3. The Balaban J connectivity index is 2.23. The van der Waals surface area contributed by atoms with Crippen LogP contribution in [0, 0.1) is 19.8 Å². The first-order chi connectivity index (χ1) is 8.79. The number of nitrogens with two attached hydrogens (primary N) is 1. The molecule has 0 spiro atoms. The van der Waals surface area contributed by atoms with Crippen LogP contribution < -0.4 is 10.5 Å².